The molecule has 0 aliphatic heterocycles. The molecule has 0 radical (unpaired) electrons. The van der Waals surface area contributed by atoms with Gasteiger partial charge in [0.25, 0.3) is 0 Å². The molecular weight excluding hydrogens is 517 g/mol. The molecule has 4 rings (SSSR count). The number of hydrazone groups is 1. The van der Waals surface area contributed by atoms with E-state index < -0.39 is 5.97 Å². The molecule has 1 heterocycles. The summed E-state index contributed by atoms with van der Waals surface area (Å²) in [6.07, 6.45) is 1.60. The molecule has 172 valence electrons. The van der Waals surface area contributed by atoms with E-state index in [0.717, 1.165) is 16.8 Å². The molecular formula is C24H16Cl3N3O3S. The number of thiazole rings is 1. The lowest BCUT2D eigenvalue weighted by molar-refractivity contribution is 0.0729. The standard InChI is InChI=1S/C24H16Cl3N3O3S/c1-32-22-10-14(2-9-21(22)33-23(31)15-3-5-16(25)6-4-15)12-28-30-24-29-20(13-34-24)18-8-7-17(26)11-19(18)27/h2-13H,1H3,(H,29,30)/b28-12+. The molecule has 0 fully saturated rings. The van der Waals surface area contributed by atoms with Gasteiger partial charge in [0, 0.05) is 21.0 Å². The first kappa shape index (κ1) is 24.0. The zero-order valence-corrected chi connectivity index (χ0v) is 20.7. The predicted octanol–water partition coefficient (Wildman–Crippen LogP) is 7.44. The molecule has 0 spiro atoms. The third-order valence-corrected chi connectivity index (χ3v) is 6.10. The number of benzene rings is 3. The van der Waals surface area contributed by atoms with Crippen molar-refractivity contribution in [2.24, 2.45) is 5.10 Å². The van der Waals surface area contributed by atoms with Crippen molar-refractivity contribution in [1.29, 1.82) is 0 Å². The molecule has 0 aliphatic rings. The number of nitrogens with zero attached hydrogens (tertiary/aromatic N) is 2. The molecule has 4 aromatic rings. The quantitative estimate of drug-likeness (QED) is 0.116. The highest BCUT2D eigenvalue weighted by Crippen LogP contribution is 2.32. The number of aromatic nitrogens is 1. The molecule has 0 bridgehead atoms. The summed E-state index contributed by atoms with van der Waals surface area (Å²) in [6.45, 7) is 0. The molecule has 0 saturated carbocycles. The molecule has 0 unspecified atom stereocenters. The Bertz CT molecular complexity index is 1360. The minimum absolute atomic E-state index is 0.289. The SMILES string of the molecule is COc1cc(/C=N/Nc2nc(-c3ccc(Cl)cc3Cl)cs2)ccc1OC(=O)c1ccc(Cl)cc1. The molecule has 0 amide bonds. The van der Waals surface area contributed by atoms with Crippen LogP contribution in [0.4, 0.5) is 5.13 Å². The van der Waals surface area contributed by atoms with Gasteiger partial charge in [0.15, 0.2) is 11.5 Å². The molecule has 0 aliphatic carbocycles. The van der Waals surface area contributed by atoms with Crippen LogP contribution in [0, 0.1) is 0 Å². The van der Waals surface area contributed by atoms with Gasteiger partial charge in [-0.2, -0.15) is 5.10 Å². The van der Waals surface area contributed by atoms with E-state index in [1.165, 1.54) is 18.4 Å². The van der Waals surface area contributed by atoms with Gasteiger partial charge >= 0.3 is 5.97 Å². The van der Waals surface area contributed by atoms with Crippen LogP contribution in [0.3, 0.4) is 0 Å². The monoisotopic (exact) mass is 531 g/mol. The van der Waals surface area contributed by atoms with Crippen LogP contribution >= 0.6 is 46.1 Å². The van der Waals surface area contributed by atoms with Crippen LogP contribution in [0.15, 0.2) is 71.1 Å². The van der Waals surface area contributed by atoms with Gasteiger partial charge in [-0.3, -0.25) is 5.43 Å². The molecule has 1 N–H and O–H groups in total. The van der Waals surface area contributed by atoms with Crippen molar-refractivity contribution in [3.8, 4) is 22.8 Å². The van der Waals surface area contributed by atoms with Crippen LogP contribution in [0.5, 0.6) is 11.5 Å². The zero-order valence-electron chi connectivity index (χ0n) is 17.6. The first-order valence-electron chi connectivity index (χ1n) is 9.79. The highest BCUT2D eigenvalue weighted by atomic mass is 35.5. The maximum Gasteiger partial charge on any atom is 0.343 e. The minimum atomic E-state index is -0.515. The van der Waals surface area contributed by atoms with Crippen molar-refractivity contribution in [3.63, 3.8) is 0 Å². The number of hydrogen-bond acceptors (Lipinski definition) is 7. The predicted molar refractivity (Wildman–Crippen MR) is 138 cm³/mol. The van der Waals surface area contributed by atoms with Crippen molar-refractivity contribution in [1.82, 2.24) is 4.98 Å². The van der Waals surface area contributed by atoms with Gasteiger partial charge in [-0.1, -0.05) is 34.8 Å². The van der Waals surface area contributed by atoms with Gasteiger partial charge in [0.05, 0.1) is 29.6 Å². The van der Waals surface area contributed by atoms with Gasteiger partial charge in [0.1, 0.15) is 0 Å². The number of esters is 1. The van der Waals surface area contributed by atoms with Gasteiger partial charge in [-0.25, -0.2) is 9.78 Å². The fraction of sp³-hybridized carbons (Fsp3) is 0.0417. The Morgan fingerprint density at radius 1 is 1.00 bits per heavy atom. The highest BCUT2D eigenvalue weighted by Gasteiger charge is 2.13. The molecule has 0 saturated heterocycles. The van der Waals surface area contributed by atoms with E-state index in [4.69, 9.17) is 44.3 Å². The summed E-state index contributed by atoms with van der Waals surface area (Å²) in [5.41, 5.74) is 5.51. The van der Waals surface area contributed by atoms with Crippen molar-refractivity contribution >= 4 is 63.5 Å². The number of ether oxygens (including phenoxy) is 2. The molecule has 6 nitrogen and oxygen atoms in total. The maximum atomic E-state index is 12.4. The molecule has 0 atom stereocenters. The number of nitrogens with one attached hydrogen (secondary N) is 1. The van der Waals surface area contributed by atoms with E-state index >= 15 is 0 Å². The lowest BCUT2D eigenvalue weighted by atomic mass is 10.2. The summed E-state index contributed by atoms with van der Waals surface area (Å²) >= 11 is 19.5. The lowest BCUT2D eigenvalue weighted by Crippen LogP contribution is -2.09. The second kappa shape index (κ2) is 10.9. The number of hydrogen-bond donors (Lipinski definition) is 1. The van der Waals surface area contributed by atoms with Gasteiger partial charge in [-0.15, -0.1) is 11.3 Å². The fourth-order valence-electron chi connectivity index (χ4n) is 2.90. The average Bonchev–Trinajstić information content (AvgIpc) is 3.28. The number of carbonyl (C=O) groups excluding carboxylic acids is 1. The summed E-state index contributed by atoms with van der Waals surface area (Å²) in [5.74, 6) is 0.163. The number of halogens is 3. The summed E-state index contributed by atoms with van der Waals surface area (Å²) in [4.78, 5) is 16.9. The maximum absolute atomic E-state index is 12.4. The Morgan fingerprint density at radius 2 is 1.76 bits per heavy atom. The average molecular weight is 533 g/mol. The van der Waals surface area contributed by atoms with Crippen LogP contribution in [0.1, 0.15) is 15.9 Å². The normalized spacial score (nSPS) is 10.9. The van der Waals surface area contributed by atoms with E-state index in [1.54, 1.807) is 60.8 Å². The summed E-state index contributed by atoms with van der Waals surface area (Å²) in [7, 11) is 1.49. The Hall–Kier alpha value is -3.10. The molecule has 34 heavy (non-hydrogen) atoms. The molecule has 10 heteroatoms. The Labute approximate surface area is 214 Å². The van der Waals surface area contributed by atoms with Crippen molar-refractivity contribution in [3.05, 3.63) is 92.2 Å². The Kier molecular flexibility index (Phi) is 7.70. The van der Waals surface area contributed by atoms with Crippen LogP contribution in [0.2, 0.25) is 15.1 Å². The second-order valence-electron chi connectivity index (χ2n) is 6.84. The van der Waals surface area contributed by atoms with Gasteiger partial charge in [0.2, 0.25) is 5.13 Å². The number of rotatable bonds is 7. The Morgan fingerprint density at radius 3 is 2.50 bits per heavy atom. The number of methoxy groups -OCH3 is 1. The van der Waals surface area contributed by atoms with Crippen LogP contribution < -0.4 is 14.9 Å². The van der Waals surface area contributed by atoms with Crippen LogP contribution in [-0.2, 0) is 0 Å². The van der Waals surface area contributed by atoms with E-state index in [1.807, 2.05) is 11.4 Å². The van der Waals surface area contributed by atoms with E-state index in [9.17, 15) is 4.79 Å². The third kappa shape index (κ3) is 5.87. The van der Waals surface area contributed by atoms with Crippen molar-refractivity contribution in [2.45, 2.75) is 0 Å². The van der Waals surface area contributed by atoms with Crippen LogP contribution in [0.25, 0.3) is 11.3 Å². The first-order valence-corrected chi connectivity index (χ1v) is 11.8. The second-order valence-corrected chi connectivity index (χ2v) is 8.98. The van der Waals surface area contributed by atoms with E-state index in [0.29, 0.717) is 31.5 Å². The number of anilines is 1. The summed E-state index contributed by atoms with van der Waals surface area (Å²) < 4.78 is 10.8. The van der Waals surface area contributed by atoms with Gasteiger partial charge < -0.3 is 9.47 Å². The fourth-order valence-corrected chi connectivity index (χ4v) is 4.19. The van der Waals surface area contributed by atoms with Crippen LogP contribution in [-0.4, -0.2) is 24.3 Å². The summed E-state index contributed by atoms with van der Waals surface area (Å²) in [5, 5.41) is 8.31. The smallest absolute Gasteiger partial charge is 0.343 e. The topological polar surface area (TPSA) is 72.8 Å². The van der Waals surface area contributed by atoms with Gasteiger partial charge in [-0.05, 0) is 66.2 Å². The molecule has 1 aromatic heterocycles. The molecule has 3 aromatic carbocycles. The lowest BCUT2D eigenvalue weighted by Gasteiger charge is -2.10. The minimum Gasteiger partial charge on any atom is -0.493 e. The largest absolute Gasteiger partial charge is 0.493 e. The van der Waals surface area contributed by atoms with E-state index in [2.05, 4.69) is 15.5 Å². The van der Waals surface area contributed by atoms with Crippen molar-refractivity contribution < 1.29 is 14.3 Å². The first-order chi connectivity index (χ1) is 16.4. The third-order valence-electron chi connectivity index (χ3n) is 4.56. The van der Waals surface area contributed by atoms with Crippen molar-refractivity contribution in [2.75, 3.05) is 12.5 Å². The summed E-state index contributed by atoms with van der Waals surface area (Å²) in [6, 6.07) is 16.8. The van der Waals surface area contributed by atoms with E-state index in [-0.39, 0.29) is 5.75 Å². The highest BCUT2D eigenvalue weighted by molar-refractivity contribution is 7.14. The number of carbonyl (C=O) groups is 1. The Balaban J connectivity index is 1.42. The zero-order chi connectivity index (χ0) is 24.1.